The predicted octanol–water partition coefficient (Wildman–Crippen LogP) is 2.31. The molecule has 2 saturated heterocycles. The lowest BCUT2D eigenvalue weighted by atomic mass is 9.75. The number of hydrogen-bond donors (Lipinski definition) is 2. The average molecular weight is 282 g/mol. The molecular formula is C15H26N2OS. The van der Waals surface area contributed by atoms with Crippen LogP contribution < -0.4 is 10.6 Å². The third-order valence-electron chi connectivity index (χ3n) is 5.09. The van der Waals surface area contributed by atoms with Gasteiger partial charge in [0, 0.05) is 23.3 Å². The van der Waals surface area contributed by atoms with Gasteiger partial charge in [-0.2, -0.15) is 11.8 Å². The summed E-state index contributed by atoms with van der Waals surface area (Å²) in [6, 6.07) is 0.414. The summed E-state index contributed by atoms with van der Waals surface area (Å²) in [5, 5.41) is 7.09. The van der Waals surface area contributed by atoms with E-state index in [4.69, 9.17) is 0 Å². The van der Waals surface area contributed by atoms with Crippen molar-refractivity contribution in [1.82, 2.24) is 10.6 Å². The molecule has 2 N–H and O–H groups in total. The molecule has 2 aliphatic heterocycles. The first-order valence-electron chi connectivity index (χ1n) is 7.91. The van der Waals surface area contributed by atoms with E-state index in [9.17, 15) is 4.79 Å². The van der Waals surface area contributed by atoms with E-state index < -0.39 is 0 Å². The van der Waals surface area contributed by atoms with Gasteiger partial charge in [-0.1, -0.05) is 19.3 Å². The normalized spacial score (nSPS) is 34.3. The number of thioether (sulfide) groups is 1. The van der Waals surface area contributed by atoms with Crippen LogP contribution in [0, 0.1) is 5.92 Å². The van der Waals surface area contributed by atoms with Crippen molar-refractivity contribution in [3.05, 3.63) is 0 Å². The Balaban J connectivity index is 1.54. The molecule has 4 heteroatoms. The van der Waals surface area contributed by atoms with Crippen molar-refractivity contribution in [2.45, 2.75) is 62.9 Å². The lowest BCUT2D eigenvalue weighted by Gasteiger charge is -2.45. The molecule has 2 atom stereocenters. The molecule has 0 aromatic rings. The zero-order valence-corrected chi connectivity index (χ0v) is 12.6. The zero-order valence-electron chi connectivity index (χ0n) is 11.7. The molecule has 0 aromatic heterocycles. The SMILES string of the molecule is O=C(NC1CCNC2(CCCCC2)C1)C1CCSC1. The monoisotopic (exact) mass is 282 g/mol. The van der Waals surface area contributed by atoms with Gasteiger partial charge in [-0.25, -0.2) is 0 Å². The molecule has 0 bridgehead atoms. The second kappa shape index (κ2) is 6.04. The van der Waals surface area contributed by atoms with Gasteiger partial charge in [-0.3, -0.25) is 4.79 Å². The van der Waals surface area contributed by atoms with Crippen molar-refractivity contribution in [2.24, 2.45) is 5.92 Å². The van der Waals surface area contributed by atoms with E-state index in [0.717, 1.165) is 37.3 Å². The molecule has 3 fully saturated rings. The molecule has 1 aliphatic carbocycles. The van der Waals surface area contributed by atoms with Crippen molar-refractivity contribution in [3.8, 4) is 0 Å². The first-order chi connectivity index (χ1) is 9.27. The standard InChI is InChI=1S/C15H26N2OS/c18-14(12-5-9-19-11-12)17-13-4-8-16-15(10-13)6-2-1-3-7-15/h12-13,16H,1-11H2,(H,17,18). The van der Waals surface area contributed by atoms with Gasteiger partial charge < -0.3 is 10.6 Å². The van der Waals surface area contributed by atoms with Crippen LogP contribution in [-0.2, 0) is 4.79 Å². The van der Waals surface area contributed by atoms with Crippen LogP contribution in [0.2, 0.25) is 0 Å². The van der Waals surface area contributed by atoms with Gasteiger partial charge in [0.05, 0.1) is 0 Å². The fourth-order valence-electron chi connectivity index (χ4n) is 3.95. The summed E-state index contributed by atoms with van der Waals surface area (Å²) < 4.78 is 0. The van der Waals surface area contributed by atoms with Crippen LogP contribution in [0.15, 0.2) is 0 Å². The van der Waals surface area contributed by atoms with E-state index in [1.165, 1.54) is 32.1 Å². The quantitative estimate of drug-likeness (QED) is 0.816. The molecule has 108 valence electrons. The Hall–Kier alpha value is -0.220. The molecule has 3 aliphatic rings. The number of hydrogen-bond acceptors (Lipinski definition) is 3. The van der Waals surface area contributed by atoms with Gasteiger partial charge in [0.25, 0.3) is 0 Å². The van der Waals surface area contributed by atoms with Crippen LogP contribution in [0.25, 0.3) is 0 Å². The van der Waals surface area contributed by atoms with Gasteiger partial charge in [0.2, 0.25) is 5.91 Å². The molecule has 1 amide bonds. The Morgan fingerprint density at radius 1 is 1.21 bits per heavy atom. The Kier molecular flexibility index (Phi) is 4.37. The maximum atomic E-state index is 12.2. The number of carbonyl (C=O) groups excluding carboxylic acids is 1. The lowest BCUT2D eigenvalue weighted by molar-refractivity contribution is -0.125. The highest BCUT2D eigenvalue weighted by atomic mass is 32.2. The second-order valence-electron chi connectivity index (χ2n) is 6.53. The lowest BCUT2D eigenvalue weighted by Crippen LogP contribution is -2.57. The summed E-state index contributed by atoms with van der Waals surface area (Å²) >= 11 is 1.92. The molecule has 0 radical (unpaired) electrons. The van der Waals surface area contributed by atoms with Gasteiger partial charge in [-0.15, -0.1) is 0 Å². The van der Waals surface area contributed by atoms with E-state index in [1.54, 1.807) is 0 Å². The van der Waals surface area contributed by atoms with Crippen LogP contribution >= 0.6 is 11.8 Å². The minimum atomic E-state index is 0.280. The molecular weight excluding hydrogens is 256 g/mol. The minimum absolute atomic E-state index is 0.280. The Bertz CT molecular complexity index is 317. The third kappa shape index (κ3) is 3.27. The Morgan fingerprint density at radius 3 is 2.79 bits per heavy atom. The van der Waals surface area contributed by atoms with Gasteiger partial charge >= 0.3 is 0 Å². The van der Waals surface area contributed by atoms with Crippen LogP contribution in [0.3, 0.4) is 0 Å². The number of rotatable bonds is 2. The maximum absolute atomic E-state index is 12.2. The first-order valence-corrected chi connectivity index (χ1v) is 9.06. The molecule has 3 nitrogen and oxygen atoms in total. The molecule has 3 rings (SSSR count). The fraction of sp³-hybridized carbons (Fsp3) is 0.933. The molecule has 1 saturated carbocycles. The summed E-state index contributed by atoms with van der Waals surface area (Å²) in [6.07, 6.45) is 10.0. The molecule has 2 unspecified atom stereocenters. The van der Waals surface area contributed by atoms with Crippen molar-refractivity contribution in [1.29, 1.82) is 0 Å². The number of nitrogens with one attached hydrogen (secondary N) is 2. The van der Waals surface area contributed by atoms with Crippen molar-refractivity contribution in [2.75, 3.05) is 18.1 Å². The third-order valence-corrected chi connectivity index (χ3v) is 6.25. The highest BCUT2D eigenvalue weighted by Crippen LogP contribution is 2.35. The number of amides is 1. The number of piperidine rings is 1. The summed E-state index contributed by atoms with van der Waals surface area (Å²) in [4.78, 5) is 12.2. The summed E-state index contributed by atoms with van der Waals surface area (Å²) in [6.45, 7) is 1.07. The molecule has 19 heavy (non-hydrogen) atoms. The van der Waals surface area contributed by atoms with E-state index >= 15 is 0 Å². The topological polar surface area (TPSA) is 41.1 Å². The highest BCUT2D eigenvalue weighted by molar-refractivity contribution is 7.99. The van der Waals surface area contributed by atoms with Crippen molar-refractivity contribution >= 4 is 17.7 Å². The van der Waals surface area contributed by atoms with Crippen LogP contribution in [0.5, 0.6) is 0 Å². The highest BCUT2D eigenvalue weighted by Gasteiger charge is 2.38. The zero-order chi connectivity index (χ0) is 13.1. The van der Waals surface area contributed by atoms with Gasteiger partial charge in [-0.05, 0) is 44.4 Å². The first kappa shape index (κ1) is 13.7. The van der Waals surface area contributed by atoms with Gasteiger partial charge in [0.1, 0.15) is 0 Å². The molecule has 0 aromatic carbocycles. The Morgan fingerprint density at radius 2 is 2.05 bits per heavy atom. The smallest absolute Gasteiger partial charge is 0.224 e. The summed E-state index contributed by atoms with van der Waals surface area (Å²) in [7, 11) is 0. The average Bonchev–Trinajstić information content (AvgIpc) is 2.93. The minimum Gasteiger partial charge on any atom is -0.353 e. The summed E-state index contributed by atoms with van der Waals surface area (Å²) in [5.74, 6) is 2.79. The van der Waals surface area contributed by atoms with E-state index in [2.05, 4.69) is 10.6 Å². The van der Waals surface area contributed by atoms with E-state index in [-0.39, 0.29) is 5.92 Å². The van der Waals surface area contributed by atoms with Gasteiger partial charge in [0.15, 0.2) is 0 Å². The maximum Gasteiger partial charge on any atom is 0.224 e. The fourth-order valence-corrected chi connectivity index (χ4v) is 5.17. The van der Waals surface area contributed by atoms with Crippen LogP contribution in [-0.4, -0.2) is 35.5 Å². The van der Waals surface area contributed by atoms with E-state index in [1.807, 2.05) is 11.8 Å². The largest absolute Gasteiger partial charge is 0.353 e. The van der Waals surface area contributed by atoms with E-state index in [0.29, 0.717) is 17.5 Å². The second-order valence-corrected chi connectivity index (χ2v) is 7.68. The van der Waals surface area contributed by atoms with Crippen molar-refractivity contribution < 1.29 is 4.79 Å². The molecule has 1 spiro atoms. The summed E-state index contributed by atoms with van der Waals surface area (Å²) in [5.41, 5.74) is 0.346. The van der Waals surface area contributed by atoms with Crippen LogP contribution in [0.1, 0.15) is 51.4 Å². The van der Waals surface area contributed by atoms with Crippen LogP contribution in [0.4, 0.5) is 0 Å². The number of carbonyl (C=O) groups is 1. The predicted molar refractivity (Wildman–Crippen MR) is 80.4 cm³/mol. The van der Waals surface area contributed by atoms with Crippen molar-refractivity contribution in [3.63, 3.8) is 0 Å². The Labute approximate surface area is 120 Å². The molecule has 2 heterocycles.